The molecule has 1 amide bonds. The fourth-order valence-electron chi connectivity index (χ4n) is 2.35. The van der Waals surface area contributed by atoms with Crippen LogP contribution in [-0.4, -0.2) is 27.6 Å². The van der Waals surface area contributed by atoms with Crippen LogP contribution in [0.4, 0.5) is 0 Å². The first-order chi connectivity index (χ1) is 11.7. The molecule has 3 aromatic rings. The summed E-state index contributed by atoms with van der Waals surface area (Å²) in [6.07, 6.45) is 2.99. The molecular formula is C18H17N3O3. The number of nitrogens with one attached hydrogen (secondary N) is 1. The number of furan rings is 1. The van der Waals surface area contributed by atoms with E-state index in [-0.39, 0.29) is 12.5 Å². The third-order valence-electron chi connectivity index (χ3n) is 3.63. The molecule has 2 N–H and O–H groups in total. The number of aliphatic hydroxyl groups excluding tert-OH is 1. The van der Waals surface area contributed by atoms with E-state index in [4.69, 9.17) is 4.42 Å². The minimum atomic E-state index is -0.610. The van der Waals surface area contributed by atoms with Gasteiger partial charge in [-0.25, -0.2) is 9.97 Å². The molecule has 0 aliphatic carbocycles. The predicted molar refractivity (Wildman–Crippen MR) is 88.2 cm³/mol. The Morgan fingerprint density at radius 3 is 2.67 bits per heavy atom. The number of amides is 1. The van der Waals surface area contributed by atoms with Crippen LogP contribution in [0.15, 0.2) is 59.3 Å². The number of carbonyl (C=O) groups excluding carboxylic acids is 1. The van der Waals surface area contributed by atoms with Gasteiger partial charge in [0.25, 0.3) is 5.91 Å². The molecule has 0 spiro atoms. The van der Waals surface area contributed by atoms with Gasteiger partial charge in [0.2, 0.25) is 0 Å². The van der Waals surface area contributed by atoms with Crippen molar-refractivity contribution in [2.24, 2.45) is 0 Å². The van der Waals surface area contributed by atoms with Crippen LogP contribution < -0.4 is 5.32 Å². The van der Waals surface area contributed by atoms with Crippen LogP contribution >= 0.6 is 0 Å². The zero-order chi connectivity index (χ0) is 16.9. The fourth-order valence-corrected chi connectivity index (χ4v) is 2.35. The fraction of sp³-hybridized carbons (Fsp3) is 0.167. The molecule has 0 saturated heterocycles. The van der Waals surface area contributed by atoms with Gasteiger partial charge in [0.05, 0.1) is 24.1 Å². The minimum Gasteiger partial charge on any atom is -0.467 e. The monoisotopic (exact) mass is 323 g/mol. The van der Waals surface area contributed by atoms with Gasteiger partial charge in [0.1, 0.15) is 11.8 Å². The molecule has 0 aliphatic heterocycles. The van der Waals surface area contributed by atoms with E-state index in [9.17, 15) is 9.90 Å². The van der Waals surface area contributed by atoms with Crippen LogP contribution in [0.5, 0.6) is 0 Å². The first kappa shape index (κ1) is 15.9. The highest BCUT2D eigenvalue weighted by molar-refractivity contribution is 5.95. The Morgan fingerprint density at radius 2 is 2.04 bits per heavy atom. The number of carbonyl (C=O) groups is 1. The number of hydrogen-bond acceptors (Lipinski definition) is 5. The molecule has 0 fully saturated rings. The Morgan fingerprint density at radius 1 is 1.25 bits per heavy atom. The number of aromatic nitrogens is 2. The smallest absolute Gasteiger partial charge is 0.255 e. The summed E-state index contributed by atoms with van der Waals surface area (Å²) in [6, 6.07) is 12.3. The maximum atomic E-state index is 12.4. The normalized spacial score (nSPS) is 11.9. The lowest BCUT2D eigenvalue weighted by Crippen LogP contribution is -2.31. The van der Waals surface area contributed by atoms with E-state index >= 15 is 0 Å². The van der Waals surface area contributed by atoms with Crippen LogP contribution in [0.25, 0.3) is 11.4 Å². The lowest BCUT2D eigenvalue weighted by atomic mass is 10.1. The average molecular weight is 323 g/mol. The van der Waals surface area contributed by atoms with Crippen molar-refractivity contribution in [3.05, 3.63) is 71.9 Å². The summed E-state index contributed by atoms with van der Waals surface area (Å²) in [7, 11) is 0. The number of hydrogen-bond donors (Lipinski definition) is 2. The molecule has 0 bridgehead atoms. The molecule has 122 valence electrons. The second-order valence-corrected chi connectivity index (χ2v) is 5.28. The van der Waals surface area contributed by atoms with Crippen molar-refractivity contribution in [1.82, 2.24) is 15.3 Å². The van der Waals surface area contributed by atoms with E-state index in [2.05, 4.69) is 15.3 Å². The zero-order valence-electron chi connectivity index (χ0n) is 13.1. The van der Waals surface area contributed by atoms with Crippen molar-refractivity contribution in [2.75, 3.05) is 6.61 Å². The van der Waals surface area contributed by atoms with E-state index in [1.54, 1.807) is 19.1 Å². The Hall–Kier alpha value is -2.99. The van der Waals surface area contributed by atoms with Gasteiger partial charge >= 0.3 is 0 Å². The SMILES string of the molecule is Cc1nc(-c2ccccc2)ncc1C(=O)NC(CO)c1ccco1. The van der Waals surface area contributed by atoms with E-state index in [1.807, 2.05) is 30.3 Å². The predicted octanol–water partition coefficient (Wildman–Crippen LogP) is 2.51. The van der Waals surface area contributed by atoms with Gasteiger partial charge in [0, 0.05) is 11.8 Å². The highest BCUT2D eigenvalue weighted by Gasteiger charge is 2.19. The van der Waals surface area contributed by atoms with E-state index in [1.165, 1.54) is 12.5 Å². The summed E-state index contributed by atoms with van der Waals surface area (Å²) >= 11 is 0. The van der Waals surface area contributed by atoms with Gasteiger partial charge in [-0.2, -0.15) is 0 Å². The van der Waals surface area contributed by atoms with Crippen molar-refractivity contribution >= 4 is 5.91 Å². The molecular weight excluding hydrogens is 306 g/mol. The van der Waals surface area contributed by atoms with Crippen LogP contribution in [0.2, 0.25) is 0 Å². The van der Waals surface area contributed by atoms with Gasteiger partial charge < -0.3 is 14.8 Å². The molecule has 1 unspecified atom stereocenters. The van der Waals surface area contributed by atoms with E-state index in [0.29, 0.717) is 22.8 Å². The van der Waals surface area contributed by atoms with Gasteiger partial charge in [0.15, 0.2) is 5.82 Å². The van der Waals surface area contributed by atoms with Crippen LogP contribution in [0.3, 0.4) is 0 Å². The van der Waals surface area contributed by atoms with Gasteiger partial charge in [-0.05, 0) is 19.1 Å². The summed E-state index contributed by atoms with van der Waals surface area (Å²) in [5, 5.41) is 12.2. The van der Waals surface area contributed by atoms with E-state index < -0.39 is 6.04 Å². The molecule has 1 aromatic carbocycles. The molecule has 24 heavy (non-hydrogen) atoms. The second kappa shape index (κ2) is 7.06. The van der Waals surface area contributed by atoms with Gasteiger partial charge in [-0.3, -0.25) is 4.79 Å². The number of nitrogens with zero attached hydrogens (tertiary/aromatic N) is 2. The highest BCUT2D eigenvalue weighted by atomic mass is 16.3. The standard InChI is InChI=1S/C18H17N3O3/c1-12-14(10-19-17(20-12)13-6-3-2-4-7-13)18(23)21-15(11-22)16-8-5-9-24-16/h2-10,15,22H,11H2,1H3,(H,21,23). The van der Waals surface area contributed by atoms with Gasteiger partial charge in [-0.1, -0.05) is 30.3 Å². The van der Waals surface area contributed by atoms with Gasteiger partial charge in [-0.15, -0.1) is 0 Å². The first-order valence-corrected chi connectivity index (χ1v) is 7.53. The molecule has 2 aromatic heterocycles. The minimum absolute atomic E-state index is 0.263. The van der Waals surface area contributed by atoms with Crippen LogP contribution in [-0.2, 0) is 0 Å². The van der Waals surface area contributed by atoms with E-state index in [0.717, 1.165) is 5.56 Å². The molecule has 3 rings (SSSR count). The Balaban J connectivity index is 1.80. The first-order valence-electron chi connectivity index (χ1n) is 7.53. The lowest BCUT2D eigenvalue weighted by Gasteiger charge is -2.14. The van der Waals surface area contributed by atoms with Crippen molar-refractivity contribution in [1.29, 1.82) is 0 Å². The quantitative estimate of drug-likeness (QED) is 0.753. The molecule has 0 aliphatic rings. The molecule has 2 heterocycles. The largest absolute Gasteiger partial charge is 0.467 e. The summed E-state index contributed by atoms with van der Waals surface area (Å²) in [6.45, 7) is 1.49. The summed E-state index contributed by atoms with van der Waals surface area (Å²) in [5.41, 5.74) is 1.81. The summed E-state index contributed by atoms with van der Waals surface area (Å²) < 4.78 is 5.22. The van der Waals surface area contributed by atoms with Crippen LogP contribution in [0.1, 0.15) is 27.9 Å². The topological polar surface area (TPSA) is 88.2 Å². The zero-order valence-corrected chi connectivity index (χ0v) is 13.1. The maximum Gasteiger partial charge on any atom is 0.255 e. The average Bonchev–Trinajstić information content (AvgIpc) is 3.14. The summed E-state index contributed by atoms with van der Waals surface area (Å²) in [5.74, 6) is 0.697. The summed E-state index contributed by atoms with van der Waals surface area (Å²) in [4.78, 5) is 21.1. The Kier molecular flexibility index (Phi) is 4.67. The maximum absolute atomic E-state index is 12.4. The number of aliphatic hydroxyl groups is 1. The highest BCUT2D eigenvalue weighted by Crippen LogP contribution is 2.17. The Labute approximate surface area is 139 Å². The molecule has 6 heteroatoms. The van der Waals surface area contributed by atoms with Crippen LogP contribution in [0, 0.1) is 6.92 Å². The van der Waals surface area contributed by atoms with Crippen molar-refractivity contribution < 1.29 is 14.3 Å². The van der Waals surface area contributed by atoms with Crippen molar-refractivity contribution in [3.63, 3.8) is 0 Å². The lowest BCUT2D eigenvalue weighted by molar-refractivity contribution is 0.0906. The Bertz CT molecular complexity index is 817. The molecule has 0 saturated carbocycles. The molecule has 1 atom stereocenters. The second-order valence-electron chi connectivity index (χ2n) is 5.28. The number of aryl methyl sites for hydroxylation is 1. The molecule has 0 radical (unpaired) electrons. The van der Waals surface area contributed by atoms with Crippen molar-refractivity contribution in [3.8, 4) is 11.4 Å². The number of rotatable bonds is 5. The third-order valence-corrected chi connectivity index (χ3v) is 3.63. The van der Waals surface area contributed by atoms with Crippen molar-refractivity contribution in [2.45, 2.75) is 13.0 Å². The third kappa shape index (κ3) is 3.33. The molecule has 6 nitrogen and oxygen atoms in total. The number of benzene rings is 1.